The van der Waals surface area contributed by atoms with Crippen LogP contribution in [-0.2, 0) is 4.79 Å². The number of hydrogen-bond acceptors (Lipinski definition) is 3. The summed E-state index contributed by atoms with van der Waals surface area (Å²) in [5.41, 5.74) is 1.97. The molecule has 1 atom stereocenters. The van der Waals surface area contributed by atoms with Gasteiger partial charge in [0.15, 0.2) is 0 Å². The third-order valence-electron chi connectivity index (χ3n) is 3.80. The van der Waals surface area contributed by atoms with Crippen molar-refractivity contribution in [1.82, 2.24) is 0 Å². The Balaban J connectivity index is 2.06. The quantitative estimate of drug-likeness (QED) is 0.435. The molecule has 0 spiro atoms. The summed E-state index contributed by atoms with van der Waals surface area (Å²) < 4.78 is 10.6. The minimum absolute atomic E-state index is 0.351. The third-order valence-corrected chi connectivity index (χ3v) is 3.80. The molecule has 0 saturated heterocycles. The van der Waals surface area contributed by atoms with E-state index in [1.807, 2.05) is 48.5 Å². The molecule has 23 heavy (non-hydrogen) atoms. The van der Waals surface area contributed by atoms with Gasteiger partial charge in [0.1, 0.15) is 11.5 Å². The van der Waals surface area contributed by atoms with Gasteiger partial charge in [-0.05, 0) is 47.7 Å². The molecule has 2 aromatic rings. The molecule has 0 N–H and O–H groups in total. The van der Waals surface area contributed by atoms with Crippen LogP contribution in [0.4, 0.5) is 0 Å². The number of benzene rings is 2. The van der Waals surface area contributed by atoms with Crippen molar-refractivity contribution in [2.75, 3.05) is 7.11 Å². The van der Waals surface area contributed by atoms with Gasteiger partial charge in [0.2, 0.25) is 0 Å². The van der Waals surface area contributed by atoms with Crippen LogP contribution in [-0.4, -0.2) is 13.1 Å². The fraction of sp³-hybridized carbons (Fsp3) is 0.250. The van der Waals surface area contributed by atoms with Crippen LogP contribution in [0, 0.1) is 0 Å². The van der Waals surface area contributed by atoms with E-state index in [0.29, 0.717) is 11.7 Å². The summed E-state index contributed by atoms with van der Waals surface area (Å²) in [7, 11) is 1.62. The highest BCUT2D eigenvalue weighted by Crippen LogP contribution is 2.28. The van der Waals surface area contributed by atoms with Crippen molar-refractivity contribution in [1.29, 1.82) is 0 Å². The molecule has 3 heteroatoms. The number of esters is 1. The van der Waals surface area contributed by atoms with Gasteiger partial charge in [-0.3, -0.25) is 0 Å². The number of hydrogen-bond donors (Lipinski definition) is 0. The van der Waals surface area contributed by atoms with Crippen molar-refractivity contribution in [3.63, 3.8) is 0 Å². The van der Waals surface area contributed by atoms with Crippen LogP contribution in [0.3, 0.4) is 0 Å². The summed E-state index contributed by atoms with van der Waals surface area (Å²) in [4.78, 5) is 12.0. The van der Waals surface area contributed by atoms with E-state index in [1.165, 1.54) is 6.08 Å². The predicted molar refractivity (Wildman–Crippen MR) is 92.8 cm³/mol. The largest absolute Gasteiger partial charge is 0.497 e. The second kappa shape index (κ2) is 8.18. The number of methoxy groups -OCH3 is 1. The molecule has 120 valence electrons. The molecular formula is C20H22O3. The zero-order valence-electron chi connectivity index (χ0n) is 13.8. The lowest BCUT2D eigenvalue weighted by molar-refractivity contribution is -0.128. The first-order chi connectivity index (χ1) is 11.1. The van der Waals surface area contributed by atoms with Crippen molar-refractivity contribution < 1.29 is 14.3 Å². The van der Waals surface area contributed by atoms with Crippen molar-refractivity contribution in [2.45, 2.75) is 26.2 Å². The van der Waals surface area contributed by atoms with E-state index in [9.17, 15) is 4.79 Å². The third kappa shape index (κ3) is 4.71. The van der Waals surface area contributed by atoms with Gasteiger partial charge in [0.25, 0.3) is 0 Å². The van der Waals surface area contributed by atoms with Crippen molar-refractivity contribution in [3.8, 4) is 11.5 Å². The van der Waals surface area contributed by atoms with Crippen LogP contribution in [0.15, 0.2) is 54.6 Å². The molecule has 1 unspecified atom stereocenters. The van der Waals surface area contributed by atoms with Gasteiger partial charge >= 0.3 is 5.97 Å². The van der Waals surface area contributed by atoms with Gasteiger partial charge in [-0.2, -0.15) is 0 Å². The number of carbonyl (C=O) groups excluding carboxylic acids is 1. The van der Waals surface area contributed by atoms with Crippen LogP contribution < -0.4 is 9.47 Å². The first kappa shape index (κ1) is 16.8. The number of ether oxygens (including phenoxy) is 2. The van der Waals surface area contributed by atoms with Gasteiger partial charge in [0, 0.05) is 6.08 Å². The maximum absolute atomic E-state index is 12.0. The fourth-order valence-electron chi connectivity index (χ4n) is 2.22. The molecule has 0 saturated carbocycles. The molecule has 0 aromatic heterocycles. The van der Waals surface area contributed by atoms with E-state index in [0.717, 1.165) is 23.3 Å². The summed E-state index contributed by atoms with van der Waals surface area (Å²) in [6.07, 6.45) is 4.17. The highest BCUT2D eigenvalue weighted by atomic mass is 16.5. The van der Waals surface area contributed by atoms with E-state index >= 15 is 0 Å². The van der Waals surface area contributed by atoms with E-state index in [2.05, 4.69) is 13.8 Å². The molecule has 0 aliphatic rings. The lowest BCUT2D eigenvalue weighted by Gasteiger charge is -2.13. The Morgan fingerprint density at radius 1 is 1.13 bits per heavy atom. The lowest BCUT2D eigenvalue weighted by Crippen LogP contribution is -2.06. The maximum Gasteiger partial charge on any atom is 0.336 e. The molecule has 0 aliphatic heterocycles. The van der Waals surface area contributed by atoms with Gasteiger partial charge in [-0.15, -0.1) is 0 Å². The molecule has 2 aromatic carbocycles. The SMILES string of the molecule is CCC(C)c1ccccc1OC(=O)C=Cc1ccc(OC)cc1. The number of carbonyl (C=O) groups is 1. The topological polar surface area (TPSA) is 35.5 Å². The number of para-hydroxylation sites is 1. The van der Waals surface area contributed by atoms with Crippen LogP contribution >= 0.6 is 0 Å². The first-order valence-corrected chi connectivity index (χ1v) is 7.77. The average Bonchev–Trinajstić information content (AvgIpc) is 2.60. The highest BCUT2D eigenvalue weighted by molar-refractivity contribution is 5.88. The van der Waals surface area contributed by atoms with Gasteiger partial charge < -0.3 is 9.47 Å². The highest BCUT2D eigenvalue weighted by Gasteiger charge is 2.11. The Kier molecular flexibility index (Phi) is 5.98. The van der Waals surface area contributed by atoms with Gasteiger partial charge in [0.05, 0.1) is 7.11 Å². The Morgan fingerprint density at radius 3 is 2.48 bits per heavy atom. The predicted octanol–water partition coefficient (Wildman–Crippen LogP) is 4.83. The van der Waals surface area contributed by atoms with E-state index in [-0.39, 0.29) is 5.97 Å². The molecule has 3 nitrogen and oxygen atoms in total. The minimum Gasteiger partial charge on any atom is -0.497 e. The van der Waals surface area contributed by atoms with Gasteiger partial charge in [-0.25, -0.2) is 4.79 Å². The first-order valence-electron chi connectivity index (χ1n) is 7.77. The normalized spacial score (nSPS) is 12.1. The van der Waals surface area contributed by atoms with Crippen molar-refractivity contribution in [3.05, 3.63) is 65.7 Å². The Morgan fingerprint density at radius 2 is 1.83 bits per heavy atom. The van der Waals surface area contributed by atoms with Crippen molar-refractivity contribution >= 4 is 12.0 Å². The maximum atomic E-state index is 12.0. The van der Waals surface area contributed by atoms with E-state index in [4.69, 9.17) is 9.47 Å². The standard InChI is InChI=1S/C20H22O3/c1-4-15(2)18-7-5-6-8-19(18)23-20(21)14-11-16-9-12-17(22-3)13-10-16/h5-15H,4H2,1-3H3. The van der Waals surface area contributed by atoms with Crippen LogP contribution in [0.1, 0.15) is 37.3 Å². The Bertz CT molecular complexity index is 672. The molecule has 0 radical (unpaired) electrons. The summed E-state index contributed by atoms with van der Waals surface area (Å²) in [6.45, 7) is 4.24. The van der Waals surface area contributed by atoms with Crippen LogP contribution in [0.2, 0.25) is 0 Å². The summed E-state index contributed by atoms with van der Waals surface area (Å²) in [5, 5.41) is 0. The molecular weight excluding hydrogens is 288 g/mol. The zero-order chi connectivity index (χ0) is 16.7. The van der Waals surface area contributed by atoms with Crippen LogP contribution in [0.25, 0.3) is 6.08 Å². The van der Waals surface area contributed by atoms with E-state index < -0.39 is 0 Å². The van der Waals surface area contributed by atoms with Crippen LogP contribution in [0.5, 0.6) is 11.5 Å². The second-order valence-electron chi connectivity index (χ2n) is 5.37. The monoisotopic (exact) mass is 310 g/mol. The molecule has 0 heterocycles. The number of rotatable bonds is 6. The fourth-order valence-corrected chi connectivity index (χ4v) is 2.22. The zero-order valence-corrected chi connectivity index (χ0v) is 13.8. The van der Waals surface area contributed by atoms with E-state index in [1.54, 1.807) is 13.2 Å². The molecule has 0 fully saturated rings. The smallest absolute Gasteiger partial charge is 0.336 e. The average molecular weight is 310 g/mol. The molecule has 0 bridgehead atoms. The second-order valence-corrected chi connectivity index (χ2v) is 5.37. The summed E-state index contributed by atoms with van der Waals surface area (Å²) in [6, 6.07) is 15.1. The minimum atomic E-state index is -0.378. The molecule has 0 aliphatic carbocycles. The Labute approximate surface area is 137 Å². The summed E-state index contributed by atoms with van der Waals surface area (Å²) >= 11 is 0. The Hall–Kier alpha value is -2.55. The lowest BCUT2D eigenvalue weighted by atomic mass is 9.98. The van der Waals surface area contributed by atoms with Crippen molar-refractivity contribution in [2.24, 2.45) is 0 Å². The molecule has 0 amide bonds. The molecule has 2 rings (SSSR count). The van der Waals surface area contributed by atoms with Gasteiger partial charge in [-0.1, -0.05) is 44.2 Å². The summed E-state index contributed by atoms with van der Waals surface area (Å²) in [5.74, 6) is 1.39.